The standard InChI is InChI=1S/C32H33F5O2/c1-2-3-4-5-19-6-8-20(9-7-19)10-11-21-12-14-22(15-13-21)24-18-25(33)29(32(38)39)31(37)28(24)23-16-26(34)30(36)27(35)17-23/h12-20H,2-11H2,1H3,(H,38,39). The first-order valence-electron chi connectivity index (χ1n) is 13.7. The molecule has 4 rings (SSSR count). The molecule has 0 atom stereocenters. The first-order chi connectivity index (χ1) is 18.7. The number of carboxylic acids is 1. The fraction of sp³-hybridized carbons (Fsp3) is 0.406. The van der Waals surface area contributed by atoms with E-state index in [4.69, 9.17) is 0 Å². The molecule has 7 heteroatoms. The van der Waals surface area contributed by atoms with Crippen LogP contribution in [0.2, 0.25) is 0 Å². The summed E-state index contributed by atoms with van der Waals surface area (Å²) in [7, 11) is 0. The molecule has 208 valence electrons. The monoisotopic (exact) mass is 544 g/mol. The number of rotatable bonds is 10. The second-order valence-electron chi connectivity index (χ2n) is 10.6. The van der Waals surface area contributed by atoms with Gasteiger partial charge in [0.05, 0.1) is 0 Å². The molecule has 3 aromatic rings. The Kier molecular flexibility index (Phi) is 9.41. The molecule has 0 bridgehead atoms. The predicted molar refractivity (Wildman–Crippen MR) is 142 cm³/mol. The first-order valence-corrected chi connectivity index (χ1v) is 13.7. The van der Waals surface area contributed by atoms with Gasteiger partial charge >= 0.3 is 5.97 Å². The van der Waals surface area contributed by atoms with Gasteiger partial charge in [0.25, 0.3) is 0 Å². The topological polar surface area (TPSA) is 37.3 Å². The van der Waals surface area contributed by atoms with E-state index >= 15 is 4.39 Å². The number of hydrogen-bond donors (Lipinski definition) is 1. The molecule has 2 nitrogen and oxygen atoms in total. The van der Waals surface area contributed by atoms with Crippen molar-refractivity contribution in [2.75, 3.05) is 0 Å². The van der Waals surface area contributed by atoms with E-state index in [1.54, 1.807) is 12.1 Å². The Balaban J connectivity index is 1.54. The Morgan fingerprint density at radius 3 is 1.92 bits per heavy atom. The Morgan fingerprint density at radius 2 is 1.36 bits per heavy atom. The van der Waals surface area contributed by atoms with E-state index in [0.717, 1.165) is 30.4 Å². The molecule has 1 fully saturated rings. The summed E-state index contributed by atoms with van der Waals surface area (Å²) in [5, 5.41) is 9.31. The van der Waals surface area contributed by atoms with Crippen molar-refractivity contribution in [1.82, 2.24) is 0 Å². The number of hydrogen-bond acceptors (Lipinski definition) is 1. The van der Waals surface area contributed by atoms with E-state index in [1.165, 1.54) is 51.4 Å². The van der Waals surface area contributed by atoms with Gasteiger partial charge in [0.1, 0.15) is 17.2 Å². The molecule has 0 spiro atoms. The molecule has 0 radical (unpaired) electrons. The van der Waals surface area contributed by atoms with E-state index in [-0.39, 0.29) is 5.56 Å². The van der Waals surface area contributed by atoms with Gasteiger partial charge in [-0.25, -0.2) is 26.7 Å². The lowest BCUT2D eigenvalue weighted by Crippen LogP contribution is -2.15. The summed E-state index contributed by atoms with van der Waals surface area (Å²) in [6.45, 7) is 2.22. The summed E-state index contributed by atoms with van der Waals surface area (Å²) in [4.78, 5) is 11.5. The van der Waals surface area contributed by atoms with Gasteiger partial charge in [-0.15, -0.1) is 0 Å². The highest BCUT2D eigenvalue weighted by atomic mass is 19.2. The zero-order valence-electron chi connectivity index (χ0n) is 22.0. The van der Waals surface area contributed by atoms with E-state index in [9.17, 15) is 27.5 Å². The number of carboxylic acid groups (broad SMARTS) is 1. The van der Waals surface area contributed by atoms with Crippen LogP contribution in [0.3, 0.4) is 0 Å². The highest BCUT2D eigenvalue weighted by molar-refractivity contribution is 5.94. The average molecular weight is 545 g/mol. The van der Waals surface area contributed by atoms with Crippen LogP contribution in [0.4, 0.5) is 22.0 Å². The predicted octanol–water partition coefficient (Wildman–Crippen LogP) is 9.73. The fourth-order valence-electron chi connectivity index (χ4n) is 5.74. The second kappa shape index (κ2) is 12.8. The molecule has 0 heterocycles. The van der Waals surface area contributed by atoms with Gasteiger partial charge in [-0.1, -0.05) is 82.6 Å². The maximum absolute atomic E-state index is 15.3. The van der Waals surface area contributed by atoms with Crippen LogP contribution in [0.25, 0.3) is 22.3 Å². The highest BCUT2D eigenvalue weighted by Gasteiger charge is 2.26. The number of unbranched alkanes of at least 4 members (excludes halogenated alkanes) is 2. The third kappa shape index (κ3) is 6.68. The molecule has 0 aromatic heterocycles. The van der Waals surface area contributed by atoms with Gasteiger partial charge in [-0.2, -0.15) is 0 Å². The number of aromatic carboxylic acids is 1. The minimum atomic E-state index is -1.87. The van der Waals surface area contributed by atoms with Gasteiger partial charge in [-0.3, -0.25) is 0 Å². The zero-order chi connectivity index (χ0) is 28.1. The molecule has 1 aliphatic rings. The van der Waals surface area contributed by atoms with Gasteiger partial charge in [0.2, 0.25) is 0 Å². The van der Waals surface area contributed by atoms with Crippen molar-refractivity contribution in [2.24, 2.45) is 11.8 Å². The normalized spacial score (nSPS) is 17.4. The maximum Gasteiger partial charge on any atom is 0.341 e. The minimum Gasteiger partial charge on any atom is -0.477 e. The van der Waals surface area contributed by atoms with Gasteiger partial charge in [0.15, 0.2) is 17.5 Å². The number of benzene rings is 3. The number of halogens is 5. The van der Waals surface area contributed by atoms with E-state index in [1.807, 2.05) is 12.1 Å². The molecule has 1 N–H and O–H groups in total. The van der Waals surface area contributed by atoms with E-state index in [0.29, 0.717) is 23.6 Å². The van der Waals surface area contributed by atoms with Crippen LogP contribution < -0.4 is 0 Å². The van der Waals surface area contributed by atoms with Crippen molar-refractivity contribution < 1.29 is 31.9 Å². The third-order valence-electron chi connectivity index (χ3n) is 7.99. The summed E-state index contributed by atoms with van der Waals surface area (Å²) < 4.78 is 71.5. The molecule has 0 aliphatic heterocycles. The lowest BCUT2D eigenvalue weighted by Gasteiger charge is -2.28. The Hall–Kier alpha value is -3.22. The van der Waals surface area contributed by atoms with Crippen LogP contribution >= 0.6 is 0 Å². The van der Waals surface area contributed by atoms with Crippen LogP contribution in [-0.2, 0) is 6.42 Å². The third-order valence-corrected chi connectivity index (χ3v) is 7.99. The van der Waals surface area contributed by atoms with Crippen LogP contribution in [0, 0.1) is 40.9 Å². The molecule has 0 amide bonds. The van der Waals surface area contributed by atoms with Crippen LogP contribution in [-0.4, -0.2) is 11.1 Å². The molecule has 1 saturated carbocycles. The molecule has 0 saturated heterocycles. The van der Waals surface area contributed by atoms with Crippen molar-refractivity contribution in [3.63, 3.8) is 0 Å². The van der Waals surface area contributed by atoms with Crippen molar-refractivity contribution in [3.8, 4) is 22.3 Å². The SMILES string of the molecule is CCCCCC1CCC(CCc2ccc(-c3cc(F)c(C(=O)O)c(F)c3-c3cc(F)c(F)c(F)c3)cc2)CC1. The average Bonchev–Trinajstić information content (AvgIpc) is 2.91. The summed E-state index contributed by atoms with van der Waals surface area (Å²) in [6, 6.07) is 8.93. The van der Waals surface area contributed by atoms with Crippen LogP contribution in [0.5, 0.6) is 0 Å². The van der Waals surface area contributed by atoms with E-state index in [2.05, 4.69) is 6.92 Å². The summed E-state index contributed by atoms with van der Waals surface area (Å²) in [6.07, 6.45) is 12.1. The lowest BCUT2D eigenvalue weighted by atomic mass is 9.77. The Labute approximate surface area is 225 Å². The molecular formula is C32H33F5O2. The molecule has 39 heavy (non-hydrogen) atoms. The summed E-state index contributed by atoms with van der Waals surface area (Å²) in [5.41, 5.74) is -0.914. The first kappa shape index (κ1) is 28.8. The Bertz CT molecular complexity index is 1290. The summed E-state index contributed by atoms with van der Waals surface area (Å²) >= 11 is 0. The molecule has 1 aliphatic carbocycles. The fourth-order valence-corrected chi connectivity index (χ4v) is 5.74. The van der Waals surface area contributed by atoms with Crippen LogP contribution in [0.1, 0.15) is 80.6 Å². The quantitative estimate of drug-likeness (QED) is 0.157. The Morgan fingerprint density at radius 1 is 0.769 bits per heavy atom. The van der Waals surface area contributed by atoms with E-state index < -0.39 is 51.7 Å². The molecular weight excluding hydrogens is 511 g/mol. The largest absolute Gasteiger partial charge is 0.477 e. The zero-order valence-corrected chi connectivity index (χ0v) is 22.0. The van der Waals surface area contributed by atoms with Gasteiger partial charge in [0, 0.05) is 5.56 Å². The minimum absolute atomic E-state index is 0.0895. The smallest absolute Gasteiger partial charge is 0.341 e. The van der Waals surface area contributed by atoms with Gasteiger partial charge in [-0.05, 0) is 65.1 Å². The van der Waals surface area contributed by atoms with Crippen molar-refractivity contribution in [2.45, 2.75) is 71.1 Å². The lowest BCUT2D eigenvalue weighted by molar-refractivity contribution is 0.0686. The van der Waals surface area contributed by atoms with Crippen molar-refractivity contribution >= 4 is 5.97 Å². The van der Waals surface area contributed by atoms with Crippen molar-refractivity contribution in [1.29, 1.82) is 0 Å². The molecule has 3 aromatic carbocycles. The maximum atomic E-state index is 15.3. The van der Waals surface area contributed by atoms with Crippen molar-refractivity contribution in [3.05, 3.63) is 82.7 Å². The second-order valence-corrected chi connectivity index (χ2v) is 10.6. The number of carbonyl (C=O) groups is 1. The van der Waals surface area contributed by atoms with Crippen LogP contribution in [0.15, 0.2) is 42.5 Å². The number of aryl methyl sites for hydroxylation is 1. The van der Waals surface area contributed by atoms with Gasteiger partial charge < -0.3 is 5.11 Å². The highest BCUT2D eigenvalue weighted by Crippen LogP contribution is 2.39. The molecule has 0 unspecified atom stereocenters. The summed E-state index contributed by atoms with van der Waals surface area (Å²) in [5.74, 6) is -8.04.